The average Bonchev–Trinajstić information content (AvgIpc) is 2.61. The molecule has 0 spiro atoms. The van der Waals surface area contributed by atoms with Crippen LogP contribution in [0, 0.1) is 5.82 Å². The summed E-state index contributed by atoms with van der Waals surface area (Å²) >= 11 is 0. The zero-order chi connectivity index (χ0) is 17.1. The van der Waals surface area contributed by atoms with E-state index in [9.17, 15) is 13.6 Å². The Labute approximate surface area is 139 Å². The van der Waals surface area contributed by atoms with Crippen molar-refractivity contribution in [3.8, 4) is 0 Å². The molecule has 0 N–H and O–H groups in total. The quantitative estimate of drug-likeness (QED) is 0.598. The highest BCUT2D eigenvalue weighted by Crippen LogP contribution is 2.39. The monoisotopic (exact) mass is 331 g/mol. The highest BCUT2D eigenvalue weighted by Gasteiger charge is 2.25. The van der Waals surface area contributed by atoms with Crippen molar-refractivity contribution in [2.75, 3.05) is 6.61 Å². The molecule has 0 aliphatic heterocycles. The number of carbonyl (C=O) groups is 1. The maximum atomic E-state index is 14.1. The summed E-state index contributed by atoms with van der Waals surface area (Å²) < 4.78 is 32.3. The van der Waals surface area contributed by atoms with Crippen molar-refractivity contribution in [1.29, 1.82) is 0 Å². The molecule has 24 heavy (non-hydrogen) atoms. The first kappa shape index (κ1) is 16.6. The zero-order valence-corrected chi connectivity index (χ0v) is 13.5. The molecule has 0 radical (unpaired) electrons. The Kier molecular flexibility index (Phi) is 4.88. The summed E-state index contributed by atoms with van der Waals surface area (Å²) in [6.45, 7) is 1.82. The summed E-state index contributed by atoms with van der Waals surface area (Å²) in [4.78, 5) is 15.8. The predicted octanol–water partition coefficient (Wildman–Crippen LogP) is 4.82. The van der Waals surface area contributed by atoms with E-state index in [1.165, 1.54) is 12.1 Å². The Morgan fingerprint density at radius 3 is 2.75 bits per heavy atom. The molecule has 0 unspecified atom stereocenters. The topological polar surface area (TPSA) is 39.2 Å². The maximum Gasteiger partial charge on any atom is 0.367 e. The minimum atomic E-state index is -0.873. The smallest absolute Gasteiger partial charge is 0.367 e. The van der Waals surface area contributed by atoms with Crippen LogP contribution in [0.25, 0.3) is 10.9 Å². The number of nitrogens with zero attached hydrogens (tertiary/aromatic N) is 1. The third-order valence-electron chi connectivity index (χ3n) is 4.53. The van der Waals surface area contributed by atoms with Crippen molar-refractivity contribution in [2.45, 2.75) is 38.5 Å². The number of esters is 1. The van der Waals surface area contributed by atoms with E-state index in [-0.39, 0.29) is 18.3 Å². The molecule has 1 aliphatic carbocycles. The van der Waals surface area contributed by atoms with Gasteiger partial charge < -0.3 is 4.74 Å². The second-order valence-corrected chi connectivity index (χ2v) is 5.97. The number of pyridine rings is 1. The van der Waals surface area contributed by atoms with Crippen LogP contribution >= 0.6 is 0 Å². The predicted molar refractivity (Wildman–Crippen MR) is 87.7 cm³/mol. The minimum Gasteiger partial charge on any atom is -0.461 e. The van der Waals surface area contributed by atoms with Gasteiger partial charge in [0.15, 0.2) is 0 Å². The second kappa shape index (κ2) is 7.07. The van der Waals surface area contributed by atoms with Crippen LogP contribution in [0.3, 0.4) is 0 Å². The fourth-order valence-corrected chi connectivity index (χ4v) is 3.33. The van der Waals surface area contributed by atoms with E-state index < -0.39 is 11.8 Å². The van der Waals surface area contributed by atoms with Crippen LogP contribution < -0.4 is 0 Å². The van der Waals surface area contributed by atoms with E-state index in [1.54, 1.807) is 19.2 Å². The molecule has 126 valence electrons. The van der Waals surface area contributed by atoms with Crippen LogP contribution in [0.5, 0.6) is 0 Å². The van der Waals surface area contributed by atoms with Crippen molar-refractivity contribution in [2.24, 2.45) is 0 Å². The van der Waals surface area contributed by atoms with Gasteiger partial charge in [-0.25, -0.2) is 9.18 Å². The third-order valence-corrected chi connectivity index (χ3v) is 4.53. The Balaban J connectivity index is 1.82. The number of halogens is 2. The molecule has 1 aromatic carbocycles. The van der Waals surface area contributed by atoms with Gasteiger partial charge >= 0.3 is 5.97 Å². The number of benzene rings is 1. The fraction of sp³-hybridized carbons (Fsp3) is 0.368. The van der Waals surface area contributed by atoms with E-state index in [1.807, 2.05) is 6.07 Å². The van der Waals surface area contributed by atoms with Gasteiger partial charge in [-0.15, -0.1) is 0 Å². The summed E-state index contributed by atoms with van der Waals surface area (Å²) in [5.41, 5.74) is 2.32. The summed E-state index contributed by atoms with van der Waals surface area (Å²) in [7, 11) is 0. The number of fused-ring (bicyclic) bond motifs is 1. The first-order valence-corrected chi connectivity index (χ1v) is 8.19. The second-order valence-electron chi connectivity index (χ2n) is 5.97. The maximum absolute atomic E-state index is 14.1. The van der Waals surface area contributed by atoms with E-state index in [2.05, 4.69) is 4.98 Å². The number of aromatic nitrogens is 1. The largest absolute Gasteiger partial charge is 0.461 e. The van der Waals surface area contributed by atoms with Crippen molar-refractivity contribution >= 4 is 16.9 Å². The molecule has 0 atom stereocenters. The molecule has 0 bridgehead atoms. The Bertz CT molecular complexity index is 791. The van der Waals surface area contributed by atoms with Crippen LogP contribution in [0.2, 0.25) is 0 Å². The van der Waals surface area contributed by atoms with Gasteiger partial charge in [-0.1, -0.05) is 0 Å². The van der Waals surface area contributed by atoms with Gasteiger partial charge in [0.05, 0.1) is 12.1 Å². The van der Waals surface area contributed by atoms with Crippen LogP contribution in [-0.2, 0) is 9.53 Å². The molecular weight excluding hydrogens is 312 g/mol. The van der Waals surface area contributed by atoms with Gasteiger partial charge in [-0.3, -0.25) is 4.98 Å². The van der Waals surface area contributed by atoms with E-state index in [0.29, 0.717) is 18.4 Å². The van der Waals surface area contributed by atoms with E-state index >= 15 is 0 Å². The van der Waals surface area contributed by atoms with Gasteiger partial charge in [0.2, 0.25) is 5.83 Å². The molecule has 1 heterocycles. The normalized spacial score (nSPS) is 17.8. The molecule has 1 aromatic heterocycles. The SMILES string of the molecule is CCOC(=O)C(F)=C1CCC(c2ccnc3ccc(F)cc23)CC1. The fourth-order valence-electron chi connectivity index (χ4n) is 3.33. The van der Waals surface area contributed by atoms with Crippen molar-refractivity contribution < 1.29 is 18.3 Å². The van der Waals surface area contributed by atoms with Gasteiger partial charge in [-0.05, 0) is 73.9 Å². The summed E-state index contributed by atoms with van der Waals surface area (Å²) in [5.74, 6) is -1.71. The standard InChI is InChI=1S/C19H19F2NO2/c1-2-24-19(23)18(21)13-5-3-12(4-6-13)15-9-10-22-17-8-7-14(20)11-16(15)17/h7-12H,2-6H2,1H3. The molecule has 5 heteroatoms. The molecule has 1 aliphatic rings. The molecule has 0 amide bonds. The zero-order valence-electron chi connectivity index (χ0n) is 13.5. The summed E-state index contributed by atoms with van der Waals surface area (Å²) in [5, 5.41) is 0.806. The Morgan fingerprint density at radius 2 is 2.04 bits per heavy atom. The van der Waals surface area contributed by atoms with Gasteiger partial charge in [0.25, 0.3) is 0 Å². The molecular formula is C19H19F2NO2. The molecule has 2 aromatic rings. The molecule has 1 saturated carbocycles. The number of allylic oxidation sites excluding steroid dienone is 1. The van der Waals surface area contributed by atoms with Crippen LogP contribution in [0.1, 0.15) is 44.1 Å². The van der Waals surface area contributed by atoms with E-state index in [4.69, 9.17) is 4.74 Å². The van der Waals surface area contributed by atoms with Gasteiger partial charge in [-0.2, -0.15) is 4.39 Å². The summed E-state index contributed by atoms with van der Waals surface area (Å²) in [6.07, 6.45) is 4.18. The molecule has 3 rings (SSSR count). The third kappa shape index (κ3) is 3.30. The lowest BCUT2D eigenvalue weighted by molar-refractivity contribution is -0.140. The lowest BCUT2D eigenvalue weighted by Crippen LogP contribution is -2.12. The highest BCUT2D eigenvalue weighted by atomic mass is 19.1. The van der Waals surface area contributed by atoms with Crippen LogP contribution in [-0.4, -0.2) is 17.6 Å². The van der Waals surface area contributed by atoms with Crippen molar-refractivity contribution in [1.82, 2.24) is 4.98 Å². The number of ether oxygens (including phenoxy) is 1. The molecule has 0 saturated heterocycles. The van der Waals surface area contributed by atoms with Crippen molar-refractivity contribution in [3.63, 3.8) is 0 Å². The molecule has 1 fully saturated rings. The van der Waals surface area contributed by atoms with E-state index in [0.717, 1.165) is 29.3 Å². The Hall–Kier alpha value is -2.30. The minimum absolute atomic E-state index is 0.163. The average molecular weight is 331 g/mol. The first-order valence-electron chi connectivity index (χ1n) is 8.19. The lowest BCUT2D eigenvalue weighted by atomic mass is 9.80. The lowest BCUT2D eigenvalue weighted by Gasteiger charge is -2.25. The number of hydrogen-bond acceptors (Lipinski definition) is 3. The van der Waals surface area contributed by atoms with Crippen LogP contribution in [0.15, 0.2) is 41.9 Å². The number of rotatable bonds is 3. The summed E-state index contributed by atoms with van der Waals surface area (Å²) in [6, 6.07) is 6.48. The highest BCUT2D eigenvalue weighted by molar-refractivity contribution is 5.87. The van der Waals surface area contributed by atoms with Crippen molar-refractivity contribution in [3.05, 3.63) is 53.2 Å². The van der Waals surface area contributed by atoms with Gasteiger partial charge in [0.1, 0.15) is 5.82 Å². The number of hydrogen-bond donors (Lipinski definition) is 0. The van der Waals surface area contributed by atoms with Crippen LogP contribution in [0.4, 0.5) is 8.78 Å². The molecule has 3 nitrogen and oxygen atoms in total. The first-order chi connectivity index (χ1) is 11.6. The number of carbonyl (C=O) groups excluding carboxylic acids is 1. The van der Waals surface area contributed by atoms with Gasteiger partial charge in [0, 0.05) is 11.6 Å². The Morgan fingerprint density at radius 1 is 1.29 bits per heavy atom.